The largest absolute Gasteiger partial charge is 0.330 e. The van der Waals surface area contributed by atoms with Gasteiger partial charge in [-0.15, -0.1) is 0 Å². The second kappa shape index (κ2) is 7.00. The Bertz CT molecular complexity index is 266. The van der Waals surface area contributed by atoms with Crippen LogP contribution in [-0.2, 0) is 0 Å². The van der Waals surface area contributed by atoms with Gasteiger partial charge in [-0.1, -0.05) is 42.6 Å². The Morgan fingerprint density at radius 3 is 2.18 bits per heavy atom. The Kier molecular flexibility index (Phi) is 5.31. The van der Waals surface area contributed by atoms with Crippen LogP contribution in [0.15, 0.2) is 23.3 Å². The molecule has 0 unspecified atom stereocenters. The maximum Gasteiger partial charge on any atom is -0.00773 e. The monoisotopic (exact) mass is 233 g/mol. The highest BCUT2D eigenvalue weighted by molar-refractivity contribution is 5.25. The molecule has 0 heterocycles. The molecule has 0 saturated carbocycles. The summed E-state index contributed by atoms with van der Waals surface area (Å²) in [4.78, 5) is 0. The molecular formula is C16H27N. The topological polar surface area (TPSA) is 26.0 Å². The summed E-state index contributed by atoms with van der Waals surface area (Å²) in [5, 5.41) is 0. The molecule has 0 bridgehead atoms. The van der Waals surface area contributed by atoms with Crippen LogP contribution in [0.3, 0.4) is 0 Å². The molecule has 2 rings (SSSR count). The highest BCUT2D eigenvalue weighted by atomic mass is 14.5. The third kappa shape index (κ3) is 3.99. The Morgan fingerprint density at radius 2 is 1.59 bits per heavy atom. The maximum atomic E-state index is 5.54. The molecule has 0 spiro atoms. The Morgan fingerprint density at radius 1 is 0.941 bits per heavy atom. The zero-order valence-electron chi connectivity index (χ0n) is 11.1. The van der Waals surface area contributed by atoms with Crippen molar-refractivity contribution in [1.82, 2.24) is 0 Å². The predicted molar refractivity (Wildman–Crippen MR) is 74.9 cm³/mol. The number of nitrogens with two attached hydrogens (primary N) is 1. The van der Waals surface area contributed by atoms with Gasteiger partial charge in [0.2, 0.25) is 0 Å². The van der Waals surface area contributed by atoms with Gasteiger partial charge in [0.1, 0.15) is 0 Å². The van der Waals surface area contributed by atoms with Crippen LogP contribution in [0.5, 0.6) is 0 Å². The van der Waals surface area contributed by atoms with E-state index < -0.39 is 0 Å². The number of rotatable bonds is 5. The summed E-state index contributed by atoms with van der Waals surface area (Å²) in [7, 11) is 0. The summed E-state index contributed by atoms with van der Waals surface area (Å²) >= 11 is 0. The summed E-state index contributed by atoms with van der Waals surface area (Å²) in [6, 6.07) is 0. The lowest BCUT2D eigenvalue weighted by Crippen LogP contribution is -2.01. The van der Waals surface area contributed by atoms with E-state index in [1.165, 1.54) is 64.2 Å². The molecule has 1 nitrogen and oxygen atoms in total. The second-order valence-electron chi connectivity index (χ2n) is 5.67. The minimum atomic E-state index is 0.867. The molecule has 0 aliphatic heterocycles. The standard InChI is InChI=1S/C16H27N/c17-13-5-1-2-6-14-9-11-15-7-3-4-8-16(15)12-10-14/h3-4,14H,1-2,5-13,17H2. The Labute approximate surface area is 106 Å². The summed E-state index contributed by atoms with van der Waals surface area (Å²) < 4.78 is 0. The molecule has 96 valence electrons. The fourth-order valence-electron chi connectivity index (χ4n) is 3.24. The summed E-state index contributed by atoms with van der Waals surface area (Å²) in [6.07, 6.45) is 18.2. The minimum absolute atomic E-state index is 0.867. The van der Waals surface area contributed by atoms with Crippen molar-refractivity contribution in [2.45, 2.75) is 64.2 Å². The Balaban J connectivity index is 1.71. The lowest BCUT2D eigenvalue weighted by molar-refractivity contribution is 0.409. The van der Waals surface area contributed by atoms with E-state index in [4.69, 9.17) is 5.73 Å². The molecule has 0 saturated heterocycles. The van der Waals surface area contributed by atoms with E-state index >= 15 is 0 Å². The summed E-state index contributed by atoms with van der Waals surface area (Å²) in [5.41, 5.74) is 9.09. The van der Waals surface area contributed by atoms with Crippen molar-refractivity contribution in [3.05, 3.63) is 23.3 Å². The van der Waals surface area contributed by atoms with Crippen molar-refractivity contribution >= 4 is 0 Å². The third-order valence-electron chi connectivity index (χ3n) is 4.42. The van der Waals surface area contributed by atoms with Gasteiger partial charge in [-0.3, -0.25) is 0 Å². The van der Waals surface area contributed by atoms with Gasteiger partial charge in [-0.05, 0) is 57.4 Å². The molecule has 0 fully saturated rings. The van der Waals surface area contributed by atoms with Gasteiger partial charge in [0.25, 0.3) is 0 Å². The molecule has 1 heteroatoms. The van der Waals surface area contributed by atoms with E-state index in [0.29, 0.717) is 0 Å². The van der Waals surface area contributed by atoms with Gasteiger partial charge in [0.05, 0.1) is 0 Å². The van der Waals surface area contributed by atoms with E-state index in [1.807, 2.05) is 0 Å². The quantitative estimate of drug-likeness (QED) is 0.554. The molecule has 0 aromatic carbocycles. The zero-order valence-corrected chi connectivity index (χ0v) is 11.1. The van der Waals surface area contributed by atoms with E-state index in [2.05, 4.69) is 12.2 Å². The molecule has 0 atom stereocenters. The van der Waals surface area contributed by atoms with Gasteiger partial charge >= 0.3 is 0 Å². The molecule has 17 heavy (non-hydrogen) atoms. The van der Waals surface area contributed by atoms with E-state index in [-0.39, 0.29) is 0 Å². The molecule has 2 N–H and O–H groups in total. The molecule has 2 aliphatic rings. The minimum Gasteiger partial charge on any atom is -0.330 e. The summed E-state index contributed by atoms with van der Waals surface area (Å²) in [6.45, 7) is 0.867. The van der Waals surface area contributed by atoms with Crippen molar-refractivity contribution in [2.24, 2.45) is 11.7 Å². The molecule has 0 aromatic rings. The van der Waals surface area contributed by atoms with Crippen LogP contribution in [0.1, 0.15) is 64.2 Å². The van der Waals surface area contributed by atoms with Gasteiger partial charge < -0.3 is 5.73 Å². The molecule has 0 aromatic heterocycles. The fourth-order valence-corrected chi connectivity index (χ4v) is 3.24. The van der Waals surface area contributed by atoms with Gasteiger partial charge in [-0.25, -0.2) is 0 Å². The first-order chi connectivity index (χ1) is 8.40. The zero-order chi connectivity index (χ0) is 11.9. The number of unbranched alkanes of at least 4 members (excludes halogenated alkanes) is 2. The van der Waals surface area contributed by atoms with Crippen LogP contribution in [0.2, 0.25) is 0 Å². The first kappa shape index (κ1) is 12.9. The normalized spacial score (nSPS) is 21.5. The smallest absolute Gasteiger partial charge is 0.00773 e. The molecule has 0 radical (unpaired) electrons. The maximum absolute atomic E-state index is 5.54. The Hall–Kier alpha value is -0.560. The van der Waals surface area contributed by atoms with Gasteiger partial charge in [0, 0.05) is 0 Å². The van der Waals surface area contributed by atoms with E-state index in [0.717, 1.165) is 12.5 Å². The number of allylic oxidation sites excluding steroid dienone is 4. The van der Waals surface area contributed by atoms with Crippen LogP contribution >= 0.6 is 0 Å². The second-order valence-corrected chi connectivity index (χ2v) is 5.67. The van der Waals surface area contributed by atoms with Crippen LogP contribution < -0.4 is 5.73 Å². The van der Waals surface area contributed by atoms with Crippen LogP contribution in [0.25, 0.3) is 0 Å². The molecule has 0 amide bonds. The first-order valence-corrected chi connectivity index (χ1v) is 7.45. The first-order valence-electron chi connectivity index (χ1n) is 7.45. The van der Waals surface area contributed by atoms with Crippen molar-refractivity contribution in [2.75, 3.05) is 6.54 Å². The van der Waals surface area contributed by atoms with Crippen LogP contribution in [0.4, 0.5) is 0 Å². The average Bonchev–Trinajstić information content (AvgIpc) is 2.58. The lowest BCUT2D eigenvalue weighted by atomic mass is 9.93. The van der Waals surface area contributed by atoms with E-state index in [9.17, 15) is 0 Å². The predicted octanol–water partition coefficient (Wildman–Crippen LogP) is 4.34. The summed E-state index contributed by atoms with van der Waals surface area (Å²) in [5.74, 6) is 0.985. The van der Waals surface area contributed by atoms with Gasteiger partial charge in [-0.2, -0.15) is 0 Å². The van der Waals surface area contributed by atoms with Crippen molar-refractivity contribution in [3.8, 4) is 0 Å². The lowest BCUT2D eigenvalue weighted by Gasteiger charge is -2.13. The highest BCUT2D eigenvalue weighted by Crippen LogP contribution is 2.35. The van der Waals surface area contributed by atoms with Crippen LogP contribution in [-0.4, -0.2) is 6.54 Å². The van der Waals surface area contributed by atoms with Crippen molar-refractivity contribution < 1.29 is 0 Å². The number of hydrogen-bond donors (Lipinski definition) is 1. The number of hydrogen-bond acceptors (Lipinski definition) is 1. The average molecular weight is 233 g/mol. The van der Waals surface area contributed by atoms with Crippen molar-refractivity contribution in [1.29, 1.82) is 0 Å². The molecule has 2 aliphatic carbocycles. The fraction of sp³-hybridized carbons (Fsp3) is 0.750. The highest BCUT2D eigenvalue weighted by Gasteiger charge is 2.18. The van der Waals surface area contributed by atoms with Gasteiger partial charge in [0.15, 0.2) is 0 Å². The SMILES string of the molecule is NCCCCCC1CCC2=C(CC=CC2)CC1. The van der Waals surface area contributed by atoms with E-state index in [1.54, 1.807) is 11.1 Å². The third-order valence-corrected chi connectivity index (χ3v) is 4.42. The molecular weight excluding hydrogens is 206 g/mol. The van der Waals surface area contributed by atoms with Crippen molar-refractivity contribution in [3.63, 3.8) is 0 Å². The van der Waals surface area contributed by atoms with Crippen LogP contribution in [0, 0.1) is 5.92 Å².